The summed E-state index contributed by atoms with van der Waals surface area (Å²) in [6, 6.07) is 5.84. The number of aromatic nitrogens is 1. The van der Waals surface area contributed by atoms with Crippen molar-refractivity contribution in [3.8, 4) is 5.75 Å². The summed E-state index contributed by atoms with van der Waals surface area (Å²) in [5.41, 5.74) is 7.62. The zero-order valence-electron chi connectivity index (χ0n) is 11.6. The van der Waals surface area contributed by atoms with Gasteiger partial charge in [0.2, 0.25) is 0 Å². The van der Waals surface area contributed by atoms with E-state index in [1.165, 1.54) is 12.8 Å². The Balaban J connectivity index is 1.93. The standard InChI is InChI=1S/C16H19BrN2O/c1-10-3-2-4-12(7-10)20-15-6-5-14(18)13-8-11(17)9-19-16(13)15/h5-6,8-10,12H,2-4,7,18H2,1H3. The molecule has 1 heterocycles. The molecule has 0 spiro atoms. The molecule has 1 saturated carbocycles. The number of halogens is 1. The normalized spacial score (nSPS) is 22.9. The number of anilines is 1. The maximum atomic E-state index is 6.20. The van der Waals surface area contributed by atoms with Gasteiger partial charge in [-0.3, -0.25) is 4.98 Å². The molecule has 0 bridgehead atoms. The smallest absolute Gasteiger partial charge is 0.146 e. The van der Waals surface area contributed by atoms with Crippen LogP contribution in [0.25, 0.3) is 10.9 Å². The van der Waals surface area contributed by atoms with Gasteiger partial charge < -0.3 is 10.5 Å². The lowest BCUT2D eigenvalue weighted by atomic mass is 9.89. The van der Waals surface area contributed by atoms with Gasteiger partial charge in [-0.2, -0.15) is 0 Å². The van der Waals surface area contributed by atoms with Crippen LogP contribution in [-0.2, 0) is 0 Å². The van der Waals surface area contributed by atoms with Crippen LogP contribution in [0.5, 0.6) is 5.75 Å². The van der Waals surface area contributed by atoms with Crippen molar-refractivity contribution in [3.63, 3.8) is 0 Å². The number of rotatable bonds is 2. The van der Waals surface area contributed by atoms with Gasteiger partial charge in [-0.1, -0.05) is 13.3 Å². The Bertz CT molecular complexity index is 629. The molecule has 2 atom stereocenters. The lowest BCUT2D eigenvalue weighted by molar-refractivity contribution is 0.130. The molecule has 1 aromatic heterocycles. The Morgan fingerprint density at radius 3 is 3.00 bits per heavy atom. The number of nitrogens with two attached hydrogens (primary N) is 1. The summed E-state index contributed by atoms with van der Waals surface area (Å²) in [7, 11) is 0. The third-order valence-electron chi connectivity index (χ3n) is 3.99. The third-order valence-corrected chi connectivity index (χ3v) is 4.43. The van der Waals surface area contributed by atoms with Gasteiger partial charge in [0.1, 0.15) is 11.3 Å². The number of fused-ring (bicyclic) bond motifs is 1. The maximum Gasteiger partial charge on any atom is 0.146 e. The van der Waals surface area contributed by atoms with E-state index in [1.807, 2.05) is 18.2 Å². The monoisotopic (exact) mass is 334 g/mol. The van der Waals surface area contributed by atoms with E-state index >= 15 is 0 Å². The fourth-order valence-electron chi connectivity index (χ4n) is 2.95. The summed E-state index contributed by atoms with van der Waals surface area (Å²) < 4.78 is 7.13. The number of nitrogen functional groups attached to an aromatic ring is 1. The van der Waals surface area contributed by atoms with E-state index < -0.39 is 0 Å². The van der Waals surface area contributed by atoms with E-state index in [2.05, 4.69) is 27.8 Å². The number of nitrogens with zero attached hydrogens (tertiary/aromatic N) is 1. The van der Waals surface area contributed by atoms with Gasteiger partial charge in [-0.15, -0.1) is 0 Å². The molecule has 3 rings (SSSR count). The number of hydrogen-bond acceptors (Lipinski definition) is 3. The van der Waals surface area contributed by atoms with Gasteiger partial charge >= 0.3 is 0 Å². The predicted molar refractivity (Wildman–Crippen MR) is 85.9 cm³/mol. The second-order valence-electron chi connectivity index (χ2n) is 5.71. The van der Waals surface area contributed by atoms with Crippen LogP contribution in [0, 0.1) is 5.92 Å². The summed E-state index contributed by atoms with van der Waals surface area (Å²) in [4.78, 5) is 4.47. The van der Waals surface area contributed by atoms with Gasteiger partial charge in [0.15, 0.2) is 0 Å². The van der Waals surface area contributed by atoms with E-state index in [0.29, 0.717) is 6.10 Å². The topological polar surface area (TPSA) is 48.1 Å². The molecule has 1 aliphatic carbocycles. The van der Waals surface area contributed by atoms with Crippen molar-refractivity contribution in [1.82, 2.24) is 4.98 Å². The van der Waals surface area contributed by atoms with Gasteiger partial charge in [0.05, 0.1) is 6.10 Å². The molecule has 1 aromatic carbocycles. The zero-order valence-corrected chi connectivity index (χ0v) is 13.2. The molecule has 2 N–H and O–H groups in total. The Labute approximate surface area is 127 Å². The van der Waals surface area contributed by atoms with Crippen LogP contribution in [0.2, 0.25) is 0 Å². The largest absolute Gasteiger partial charge is 0.488 e. The van der Waals surface area contributed by atoms with Crippen molar-refractivity contribution in [2.24, 2.45) is 5.92 Å². The molecule has 0 amide bonds. The van der Waals surface area contributed by atoms with Crippen molar-refractivity contribution in [1.29, 1.82) is 0 Å². The van der Waals surface area contributed by atoms with Crippen LogP contribution in [0.3, 0.4) is 0 Å². The lowest BCUT2D eigenvalue weighted by Crippen LogP contribution is -2.24. The van der Waals surface area contributed by atoms with Crippen molar-refractivity contribution < 1.29 is 4.74 Å². The van der Waals surface area contributed by atoms with Crippen LogP contribution in [0.15, 0.2) is 28.9 Å². The molecule has 3 nitrogen and oxygen atoms in total. The zero-order chi connectivity index (χ0) is 14.1. The second-order valence-corrected chi connectivity index (χ2v) is 6.63. The minimum Gasteiger partial charge on any atom is -0.488 e. The second kappa shape index (κ2) is 5.60. The first-order valence-electron chi connectivity index (χ1n) is 7.14. The number of ether oxygens (including phenoxy) is 1. The minimum atomic E-state index is 0.302. The first-order valence-corrected chi connectivity index (χ1v) is 7.93. The highest BCUT2D eigenvalue weighted by atomic mass is 79.9. The predicted octanol–water partition coefficient (Wildman–Crippen LogP) is 4.54. The molecule has 1 fully saturated rings. The average Bonchev–Trinajstić information content (AvgIpc) is 2.42. The Hall–Kier alpha value is -1.29. The summed E-state index contributed by atoms with van der Waals surface area (Å²) in [5.74, 6) is 1.59. The van der Waals surface area contributed by atoms with E-state index in [4.69, 9.17) is 10.5 Å². The quantitative estimate of drug-likeness (QED) is 0.820. The summed E-state index contributed by atoms with van der Waals surface area (Å²) >= 11 is 3.44. The highest BCUT2D eigenvalue weighted by molar-refractivity contribution is 9.10. The molecule has 2 unspecified atom stereocenters. The Morgan fingerprint density at radius 1 is 1.35 bits per heavy atom. The van der Waals surface area contributed by atoms with E-state index in [-0.39, 0.29) is 0 Å². The van der Waals surface area contributed by atoms with E-state index in [1.54, 1.807) is 6.20 Å². The molecular weight excluding hydrogens is 316 g/mol. The van der Waals surface area contributed by atoms with E-state index in [9.17, 15) is 0 Å². The SMILES string of the molecule is CC1CCCC(Oc2ccc(N)c3cc(Br)cnc23)C1. The van der Waals surface area contributed by atoms with Crippen molar-refractivity contribution in [2.45, 2.75) is 38.7 Å². The van der Waals surface area contributed by atoms with Crippen LogP contribution in [-0.4, -0.2) is 11.1 Å². The molecule has 0 aliphatic heterocycles. The van der Waals surface area contributed by atoms with Gasteiger partial charge in [0.25, 0.3) is 0 Å². The van der Waals surface area contributed by atoms with Gasteiger partial charge in [-0.05, 0) is 59.3 Å². The van der Waals surface area contributed by atoms with Crippen LogP contribution in [0.4, 0.5) is 5.69 Å². The highest BCUT2D eigenvalue weighted by Crippen LogP contribution is 2.33. The Kier molecular flexibility index (Phi) is 3.83. The van der Waals surface area contributed by atoms with Crippen LogP contribution >= 0.6 is 15.9 Å². The molecule has 4 heteroatoms. The van der Waals surface area contributed by atoms with Crippen molar-refractivity contribution >= 4 is 32.5 Å². The van der Waals surface area contributed by atoms with E-state index in [0.717, 1.165) is 45.6 Å². The fourth-order valence-corrected chi connectivity index (χ4v) is 3.28. The summed E-state index contributed by atoms with van der Waals surface area (Å²) in [5, 5.41) is 0.945. The average molecular weight is 335 g/mol. The highest BCUT2D eigenvalue weighted by Gasteiger charge is 2.21. The van der Waals surface area contributed by atoms with Crippen molar-refractivity contribution in [2.75, 3.05) is 5.73 Å². The molecular formula is C16H19BrN2O. The number of benzene rings is 1. The van der Waals surface area contributed by atoms with Crippen LogP contribution < -0.4 is 10.5 Å². The first kappa shape index (κ1) is 13.7. The third kappa shape index (κ3) is 2.75. The molecule has 1 aliphatic rings. The van der Waals surface area contributed by atoms with Gasteiger partial charge in [-0.25, -0.2) is 0 Å². The van der Waals surface area contributed by atoms with Crippen LogP contribution in [0.1, 0.15) is 32.6 Å². The Morgan fingerprint density at radius 2 is 2.20 bits per heavy atom. The first-order chi connectivity index (χ1) is 9.63. The molecule has 0 radical (unpaired) electrons. The maximum absolute atomic E-state index is 6.20. The number of pyridine rings is 1. The molecule has 2 aromatic rings. The summed E-state index contributed by atoms with van der Waals surface area (Å²) in [6.45, 7) is 2.30. The molecule has 106 valence electrons. The molecule has 0 saturated heterocycles. The van der Waals surface area contributed by atoms with Gasteiger partial charge in [0, 0.05) is 21.7 Å². The minimum absolute atomic E-state index is 0.302. The fraction of sp³-hybridized carbons (Fsp3) is 0.438. The van der Waals surface area contributed by atoms with Crippen molar-refractivity contribution in [3.05, 3.63) is 28.9 Å². The summed E-state index contributed by atoms with van der Waals surface area (Å²) in [6.07, 6.45) is 6.91. The molecule has 20 heavy (non-hydrogen) atoms. The lowest BCUT2D eigenvalue weighted by Gasteiger charge is -2.27. The number of hydrogen-bond donors (Lipinski definition) is 1.